The van der Waals surface area contributed by atoms with Crippen LogP contribution < -0.4 is 0 Å². The maximum absolute atomic E-state index is 10.3. The Morgan fingerprint density at radius 2 is 1.61 bits per heavy atom. The molecule has 0 aliphatic carbocycles. The zero-order valence-electron chi connectivity index (χ0n) is 11.7. The van der Waals surface area contributed by atoms with Crippen molar-refractivity contribution >= 4 is 38.3 Å². The monoisotopic (exact) mass is 288 g/mol. The van der Waals surface area contributed by atoms with E-state index in [4.69, 9.17) is 4.55 Å². The zero-order valence-corrected chi connectivity index (χ0v) is 14.5. The van der Waals surface area contributed by atoms with E-state index in [-0.39, 0.29) is 6.61 Å². The third-order valence-electron chi connectivity index (χ3n) is 3.12. The molecule has 0 heterocycles. The number of unbranched alkanes of at least 4 members (excludes halogenated alkanes) is 5. The van der Waals surface area contributed by atoms with Crippen LogP contribution in [0.25, 0.3) is 0 Å². The van der Waals surface area contributed by atoms with Gasteiger partial charge in [0, 0.05) is 0 Å². The van der Waals surface area contributed by atoms with E-state index in [9.17, 15) is 8.42 Å². The van der Waals surface area contributed by atoms with Crippen LogP contribution >= 0.6 is 0 Å². The molecule has 6 heteroatoms. The molecule has 0 aromatic carbocycles. The van der Waals surface area contributed by atoms with Gasteiger partial charge in [-0.05, 0) is 0 Å². The average Bonchev–Trinajstić information content (AvgIpc) is 2.27. The van der Waals surface area contributed by atoms with Crippen molar-refractivity contribution in [3.8, 4) is 0 Å². The molecule has 0 aromatic rings. The second-order valence-electron chi connectivity index (χ2n) is 5.05. The molecule has 0 amide bonds. The molecule has 0 saturated carbocycles. The number of hydrogen-bond acceptors (Lipinski definition) is 3. The van der Waals surface area contributed by atoms with Gasteiger partial charge < -0.3 is 0 Å². The molecule has 0 saturated heterocycles. The van der Waals surface area contributed by atoms with E-state index >= 15 is 0 Å². The predicted molar refractivity (Wildman–Crippen MR) is 74.2 cm³/mol. The third-order valence-corrected chi connectivity index (χ3v) is 4.74. The molecule has 0 aliphatic heterocycles. The molecule has 0 aromatic heterocycles. The summed E-state index contributed by atoms with van der Waals surface area (Å²) in [4.78, 5) is 0. The van der Waals surface area contributed by atoms with Gasteiger partial charge in [0.25, 0.3) is 0 Å². The van der Waals surface area contributed by atoms with Crippen LogP contribution in [0.1, 0.15) is 64.7 Å². The molecule has 0 radical (unpaired) electrons. The minimum absolute atomic E-state index is 0.101. The van der Waals surface area contributed by atoms with Crippen LogP contribution in [0.3, 0.4) is 0 Å². The van der Waals surface area contributed by atoms with Crippen molar-refractivity contribution in [3.05, 3.63) is 0 Å². The standard InChI is InChI=1S/C12H25O4S.Na/c1-2-3-4-5-6-7-8-9-10-11-12-16-17(13,14)15;/h8H,2-7,9-12H2,1H3,(H,13,14,15);. The van der Waals surface area contributed by atoms with Gasteiger partial charge in [0.05, 0.1) is 0 Å². The fourth-order valence-corrected chi connectivity index (χ4v) is 3.14. The fraction of sp³-hybridized carbons (Fsp3) is 1.00. The van der Waals surface area contributed by atoms with Crippen LogP contribution in [0, 0.1) is 0 Å². The van der Waals surface area contributed by atoms with E-state index in [2.05, 4.69) is 11.1 Å². The second kappa shape index (κ2) is 11.7. The van der Waals surface area contributed by atoms with Crippen molar-refractivity contribution in [3.63, 3.8) is 0 Å². The average molecular weight is 288 g/mol. The van der Waals surface area contributed by atoms with Gasteiger partial charge in [0.2, 0.25) is 0 Å². The van der Waals surface area contributed by atoms with Gasteiger partial charge in [-0.1, -0.05) is 0 Å². The Hall–Kier alpha value is 0.870. The van der Waals surface area contributed by atoms with Gasteiger partial charge in [0.1, 0.15) is 0 Å². The summed E-state index contributed by atoms with van der Waals surface area (Å²) in [5.41, 5.74) is 0. The van der Waals surface area contributed by atoms with Crippen molar-refractivity contribution in [1.29, 1.82) is 0 Å². The second-order valence-corrected chi connectivity index (χ2v) is 7.78. The van der Waals surface area contributed by atoms with E-state index in [1.54, 1.807) is 0 Å². The van der Waals surface area contributed by atoms with Gasteiger partial charge in [-0.2, -0.15) is 0 Å². The first-order valence-electron chi connectivity index (χ1n) is 7.07. The topological polar surface area (TPSA) is 63.6 Å². The number of hydrogen-bond donors (Lipinski definition) is 1. The molecular weight excluding hydrogens is 263 g/mol. The molecule has 0 bridgehead atoms. The summed E-state index contributed by atoms with van der Waals surface area (Å²) in [6.07, 6.45) is 10.8. The fourth-order valence-electron chi connectivity index (χ4n) is 2.00. The minimum atomic E-state index is -4.24. The summed E-state index contributed by atoms with van der Waals surface area (Å²) < 4.78 is 34.1. The van der Waals surface area contributed by atoms with Crippen molar-refractivity contribution < 1.29 is 17.2 Å². The van der Waals surface area contributed by atoms with Crippen molar-refractivity contribution in [2.24, 2.45) is 0 Å². The Balaban J connectivity index is 3.29. The van der Waals surface area contributed by atoms with Crippen LogP contribution in [0.15, 0.2) is 0 Å². The van der Waals surface area contributed by atoms with Gasteiger partial charge in [-0.15, -0.1) is 0 Å². The summed E-state index contributed by atoms with van der Waals surface area (Å²) in [6.45, 7) is 2.33. The zero-order chi connectivity index (χ0) is 13.9. The predicted octanol–water partition coefficient (Wildman–Crippen LogP) is 3.29. The molecule has 1 atom stereocenters. The molecule has 0 aliphatic rings. The van der Waals surface area contributed by atoms with E-state index in [0.717, 1.165) is 16.0 Å². The Labute approximate surface area is 129 Å². The first-order valence-corrected chi connectivity index (χ1v) is 9.59. The quantitative estimate of drug-likeness (QED) is 0.340. The normalized spacial score (nSPS) is 13.8. The molecular formula is C12H25NaO4S. The Morgan fingerprint density at radius 1 is 1.06 bits per heavy atom. The van der Waals surface area contributed by atoms with Crippen molar-refractivity contribution in [1.82, 2.24) is 0 Å². The van der Waals surface area contributed by atoms with Crippen molar-refractivity contribution in [2.75, 3.05) is 6.61 Å². The number of rotatable bonds is 12. The van der Waals surface area contributed by atoms with Crippen molar-refractivity contribution in [2.45, 2.75) is 67.9 Å². The molecule has 1 unspecified atom stereocenters. The Morgan fingerprint density at radius 3 is 2.17 bits per heavy atom. The van der Waals surface area contributed by atoms with Crippen LogP contribution in [-0.2, 0) is 14.6 Å². The molecule has 104 valence electrons. The molecule has 0 spiro atoms. The summed E-state index contributed by atoms with van der Waals surface area (Å²) in [5, 5.41) is 0. The van der Waals surface area contributed by atoms with Gasteiger partial charge in [0.15, 0.2) is 0 Å². The van der Waals surface area contributed by atoms with Gasteiger partial charge in [-0.25, -0.2) is 0 Å². The summed E-state index contributed by atoms with van der Waals surface area (Å²) in [5.74, 6) is 0. The SMILES string of the molecule is CCCCCCC[CH]([Na])CCCCOS(=O)(=O)O. The Bertz CT molecular complexity index is 280. The summed E-state index contributed by atoms with van der Waals surface area (Å²) in [6, 6.07) is 0. The van der Waals surface area contributed by atoms with E-state index in [1.165, 1.54) is 66.5 Å². The van der Waals surface area contributed by atoms with E-state index < -0.39 is 10.4 Å². The third kappa shape index (κ3) is 14.9. The summed E-state index contributed by atoms with van der Waals surface area (Å²) >= 11 is 1.21. The first kappa shape index (κ1) is 18.9. The van der Waals surface area contributed by atoms with Crippen LogP contribution in [-0.4, -0.2) is 47.5 Å². The summed E-state index contributed by atoms with van der Waals surface area (Å²) in [7, 11) is -4.24. The molecule has 18 heavy (non-hydrogen) atoms. The van der Waals surface area contributed by atoms with E-state index in [1.807, 2.05) is 0 Å². The van der Waals surface area contributed by atoms with E-state index in [0.29, 0.717) is 6.42 Å². The molecule has 0 fully saturated rings. The van der Waals surface area contributed by atoms with Crippen LogP contribution in [0.4, 0.5) is 0 Å². The molecule has 1 N–H and O–H groups in total. The van der Waals surface area contributed by atoms with Crippen LogP contribution in [0.5, 0.6) is 0 Å². The Kier molecular flexibility index (Phi) is 12.2. The van der Waals surface area contributed by atoms with Gasteiger partial charge in [-0.3, -0.25) is 0 Å². The maximum atomic E-state index is 10.3. The van der Waals surface area contributed by atoms with Crippen LogP contribution in [0.2, 0.25) is 3.17 Å². The van der Waals surface area contributed by atoms with Gasteiger partial charge >= 0.3 is 130 Å². The first-order chi connectivity index (χ1) is 8.45. The molecule has 4 nitrogen and oxygen atoms in total. The molecule has 0 rings (SSSR count).